The lowest BCUT2D eigenvalue weighted by molar-refractivity contribution is 0.640. The van der Waals surface area contributed by atoms with Gasteiger partial charge >= 0.3 is 0 Å². The average molecular weight is 505 g/mol. The first-order valence-electron chi connectivity index (χ1n) is 14.2. The molecule has 4 aromatic rings. The Labute approximate surface area is 230 Å². The third-order valence-corrected chi connectivity index (χ3v) is 7.85. The van der Waals surface area contributed by atoms with Crippen molar-refractivity contribution >= 4 is 11.4 Å². The predicted molar refractivity (Wildman–Crippen MR) is 165 cm³/mol. The summed E-state index contributed by atoms with van der Waals surface area (Å²) in [5.41, 5.74) is 27.0. The van der Waals surface area contributed by atoms with Crippen molar-refractivity contribution in [2.45, 2.75) is 79.1 Å². The second-order valence-electron chi connectivity index (χ2n) is 11.2. The van der Waals surface area contributed by atoms with Crippen molar-refractivity contribution in [1.82, 2.24) is 0 Å². The molecule has 0 fully saturated rings. The SMILES string of the molecule is Cc1cc(Cc2ccc(CCCCCCc3ccc(Cc4cc(C)c(N)c(C)c4)cc3)cc2)cc(C)c1N. The third-order valence-electron chi connectivity index (χ3n) is 7.85. The van der Waals surface area contributed by atoms with Gasteiger partial charge in [-0.15, -0.1) is 0 Å². The fourth-order valence-corrected chi connectivity index (χ4v) is 5.46. The molecule has 0 amide bonds. The van der Waals surface area contributed by atoms with Crippen molar-refractivity contribution in [2.75, 3.05) is 11.5 Å². The molecular formula is C36H44N2. The number of nitrogen functional groups attached to an aromatic ring is 2. The van der Waals surface area contributed by atoms with Crippen molar-refractivity contribution in [2.24, 2.45) is 0 Å². The van der Waals surface area contributed by atoms with Gasteiger partial charge in [-0.1, -0.05) is 85.6 Å². The van der Waals surface area contributed by atoms with Crippen LogP contribution in [0.15, 0.2) is 72.8 Å². The van der Waals surface area contributed by atoms with Gasteiger partial charge in [0.2, 0.25) is 0 Å². The van der Waals surface area contributed by atoms with E-state index >= 15 is 0 Å². The number of benzene rings is 4. The Morgan fingerprint density at radius 1 is 0.395 bits per heavy atom. The van der Waals surface area contributed by atoms with Crippen LogP contribution in [0, 0.1) is 27.7 Å². The topological polar surface area (TPSA) is 52.0 Å². The number of unbranched alkanes of at least 4 members (excludes halogenated alkanes) is 3. The lowest BCUT2D eigenvalue weighted by Crippen LogP contribution is -1.97. The second kappa shape index (κ2) is 12.8. The Bertz CT molecular complexity index is 1190. The molecule has 0 heterocycles. The molecule has 0 saturated carbocycles. The molecule has 2 nitrogen and oxygen atoms in total. The minimum atomic E-state index is 0.914. The lowest BCUT2D eigenvalue weighted by Gasteiger charge is -2.10. The van der Waals surface area contributed by atoms with Gasteiger partial charge in [-0.2, -0.15) is 0 Å². The van der Waals surface area contributed by atoms with Gasteiger partial charge in [0.1, 0.15) is 0 Å². The highest BCUT2D eigenvalue weighted by Gasteiger charge is 2.05. The van der Waals surface area contributed by atoms with E-state index in [2.05, 4.69) is 100 Å². The van der Waals surface area contributed by atoms with Crippen LogP contribution in [0.25, 0.3) is 0 Å². The van der Waals surface area contributed by atoms with Gasteiger partial charge in [-0.25, -0.2) is 0 Å². The third kappa shape index (κ3) is 7.51. The molecule has 4 aromatic carbocycles. The predicted octanol–water partition coefficient (Wildman–Crippen LogP) is 8.61. The summed E-state index contributed by atoms with van der Waals surface area (Å²) in [5.74, 6) is 0. The van der Waals surface area contributed by atoms with E-state index in [0.29, 0.717) is 0 Å². The molecule has 4 rings (SSSR count). The van der Waals surface area contributed by atoms with Crippen LogP contribution in [0.2, 0.25) is 0 Å². The molecule has 4 N–H and O–H groups in total. The molecule has 2 heteroatoms. The maximum atomic E-state index is 6.11. The minimum Gasteiger partial charge on any atom is -0.398 e. The molecule has 0 saturated heterocycles. The second-order valence-corrected chi connectivity index (χ2v) is 11.2. The molecule has 198 valence electrons. The summed E-state index contributed by atoms with van der Waals surface area (Å²) in [5, 5.41) is 0. The standard InChI is InChI=1S/C36H44N2/c1-25-19-33(20-26(2)35(25)37)23-31-15-11-29(12-16-31)9-7-5-6-8-10-30-13-17-32(18-14-30)24-34-21-27(3)36(38)28(4)22-34/h11-22H,5-10,23-24,37-38H2,1-4H3. The highest BCUT2D eigenvalue weighted by molar-refractivity contribution is 5.55. The maximum Gasteiger partial charge on any atom is 0.0373 e. The molecule has 0 aromatic heterocycles. The van der Waals surface area contributed by atoms with E-state index in [0.717, 1.165) is 24.2 Å². The quantitative estimate of drug-likeness (QED) is 0.159. The van der Waals surface area contributed by atoms with Gasteiger partial charge in [0.05, 0.1) is 0 Å². The Morgan fingerprint density at radius 3 is 1.00 bits per heavy atom. The van der Waals surface area contributed by atoms with E-state index < -0.39 is 0 Å². The maximum absolute atomic E-state index is 6.11. The molecule has 0 radical (unpaired) electrons. The van der Waals surface area contributed by atoms with E-state index in [9.17, 15) is 0 Å². The Balaban J connectivity index is 1.15. The number of hydrogen-bond donors (Lipinski definition) is 2. The molecule has 0 aliphatic rings. The zero-order chi connectivity index (χ0) is 27.1. The van der Waals surface area contributed by atoms with Crippen LogP contribution in [0.5, 0.6) is 0 Å². The molecular weight excluding hydrogens is 460 g/mol. The highest BCUT2D eigenvalue weighted by atomic mass is 14.6. The number of rotatable bonds is 11. The molecule has 0 aliphatic carbocycles. The van der Waals surface area contributed by atoms with Crippen molar-refractivity contribution in [3.63, 3.8) is 0 Å². The van der Waals surface area contributed by atoms with Crippen LogP contribution in [0.1, 0.15) is 81.3 Å². The van der Waals surface area contributed by atoms with Gasteiger partial charge in [0.25, 0.3) is 0 Å². The Morgan fingerprint density at radius 2 is 0.684 bits per heavy atom. The molecule has 0 bridgehead atoms. The van der Waals surface area contributed by atoms with E-state index in [4.69, 9.17) is 11.5 Å². The molecule has 0 spiro atoms. The summed E-state index contributed by atoms with van der Waals surface area (Å²) >= 11 is 0. The minimum absolute atomic E-state index is 0.914. The smallest absolute Gasteiger partial charge is 0.0373 e. The van der Waals surface area contributed by atoms with Crippen LogP contribution in [0.4, 0.5) is 11.4 Å². The van der Waals surface area contributed by atoms with Gasteiger partial charge in [-0.05, 0) is 122 Å². The molecule has 0 unspecified atom stereocenters. The largest absolute Gasteiger partial charge is 0.398 e. The van der Waals surface area contributed by atoms with E-state index in [1.165, 1.54) is 94.2 Å². The van der Waals surface area contributed by atoms with Gasteiger partial charge in [0, 0.05) is 11.4 Å². The Hall–Kier alpha value is -3.52. The zero-order valence-electron chi connectivity index (χ0n) is 23.7. The zero-order valence-corrected chi connectivity index (χ0v) is 23.7. The molecule has 0 aliphatic heterocycles. The van der Waals surface area contributed by atoms with Crippen LogP contribution >= 0.6 is 0 Å². The number of hydrogen-bond acceptors (Lipinski definition) is 2. The van der Waals surface area contributed by atoms with Gasteiger partial charge in [-0.3, -0.25) is 0 Å². The van der Waals surface area contributed by atoms with Crippen molar-refractivity contribution in [3.05, 3.63) is 128 Å². The first-order valence-corrected chi connectivity index (χ1v) is 14.2. The van der Waals surface area contributed by atoms with Crippen molar-refractivity contribution in [1.29, 1.82) is 0 Å². The lowest BCUT2D eigenvalue weighted by atomic mass is 9.97. The monoisotopic (exact) mass is 504 g/mol. The van der Waals surface area contributed by atoms with Crippen LogP contribution in [-0.2, 0) is 25.7 Å². The summed E-state index contributed by atoms with van der Waals surface area (Å²) in [6, 6.07) is 27.2. The fraction of sp³-hybridized carbons (Fsp3) is 0.333. The summed E-state index contributed by atoms with van der Waals surface area (Å²) in [4.78, 5) is 0. The highest BCUT2D eigenvalue weighted by Crippen LogP contribution is 2.23. The van der Waals surface area contributed by atoms with Crippen molar-refractivity contribution in [3.8, 4) is 0 Å². The number of aryl methyl sites for hydroxylation is 6. The first-order chi connectivity index (χ1) is 18.3. The van der Waals surface area contributed by atoms with E-state index in [1.54, 1.807) is 0 Å². The summed E-state index contributed by atoms with van der Waals surface area (Å²) in [6.45, 7) is 8.37. The molecule has 38 heavy (non-hydrogen) atoms. The van der Waals surface area contributed by atoms with Gasteiger partial charge < -0.3 is 11.5 Å². The summed E-state index contributed by atoms with van der Waals surface area (Å²) < 4.78 is 0. The van der Waals surface area contributed by atoms with E-state index in [1.807, 2.05) is 0 Å². The van der Waals surface area contributed by atoms with Crippen molar-refractivity contribution < 1.29 is 0 Å². The van der Waals surface area contributed by atoms with Crippen LogP contribution in [0.3, 0.4) is 0 Å². The van der Waals surface area contributed by atoms with E-state index in [-0.39, 0.29) is 0 Å². The van der Waals surface area contributed by atoms with Crippen LogP contribution < -0.4 is 11.5 Å². The summed E-state index contributed by atoms with van der Waals surface area (Å²) in [7, 11) is 0. The number of nitrogens with two attached hydrogens (primary N) is 2. The average Bonchev–Trinajstić information content (AvgIpc) is 2.89. The van der Waals surface area contributed by atoms with Crippen LogP contribution in [-0.4, -0.2) is 0 Å². The first kappa shape index (κ1) is 27.5. The number of anilines is 2. The normalized spacial score (nSPS) is 11.2. The Kier molecular flexibility index (Phi) is 9.29. The molecule has 0 atom stereocenters. The summed E-state index contributed by atoms with van der Waals surface area (Å²) in [6.07, 6.45) is 9.36. The fourth-order valence-electron chi connectivity index (χ4n) is 5.46. The van der Waals surface area contributed by atoms with Gasteiger partial charge in [0.15, 0.2) is 0 Å².